The summed E-state index contributed by atoms with van der Waals surface area (Å²) in [6, 6.07) is 13.2. The van der Waals surface area contributed by atoms with Crippen molar-refractivity contribution in [1.29, 1.82) is 0 Å². The predicted octanol–water partition coefficient (Wildman–Crippen LogP) is 2.33. The number of hydrogen-bond acceptors (Lipinski definition) is 6. The average Bonchev–Trinajstić information content (AvgIpc) is 3.15. The van der Waals surface area contributed by atoms with Gasteiger partial charge in [-0.3, -0.25) is 0 Å². The summed E-state index contributed by atoms with van der Waals surface area (Å²) < 4.78 is 11.6. The Morgan fingerprint density at radius 1 is 0.960 bits per heavy atom. The van der Waals surface area contributed by atoms with Gasteiger partial charge >= 0.3 is 11.9 Å². The van der Waals surface area contributed by atoms with Gasteiger partial charge in [0.15, 0.2) is 0 Å². The molecule has 0 spiro atoms. The second kappa shape index (κ2) is 7.39. The van der Waals surface area contributed by atoms with E-state index in [2.05, 4.69) is 14.8 Å². The molecule has 0 saturated carbocycles. The lowest BCUT2D eigenvalue weighted by Gasteiger charge is -2.06. The zero-order valence-electron chi connectivity index (χ0n) is 13.5. The van der Waals surface area contributed by atoms with E-state index in [1.807, 2.05) is 12.1 Å². The maximum atomic E-state index is 12.2. The van der Waals surface area contributed by atoms with E-state index in [0.29, 0.717) is 23.4 Å². The highest BCUT2D eigenvalue weighted by Crippen LogP contribution is 2.15. The van der Waals surface area contributed by atoms with E-state index in [-0.39, 0.29) is 0 Å². The Hall–Kier alpha value is -3.48. The number of carbonyl (C=O) groups is 2. The third kappa shape index (κ3) is 4.08. The Labute approximate surface area is 143 Å². The normalized spacial score (nSPS) is 10.3. The van der Waals surface area contributed by atoms with Crippen molar-refractivity contribution in [2.24, 2.45) is 0 Å². The molecule has 3 rings (SSSR count). The van der Waals surface area contributed by atoms with Crippen molar-refractivity contribution in [3.8, 4) is 5.75 Å². The van der Waals surface area contributed by atoms with Crippen LogP contribution in [-0.4, -0.2) is 33.8 Å². The third-order valence-corrected chi connectivity index (χ3v) is 3.49. The van der Waals surface area contributed by atoms with E-state index < -0.39 is 11.9 Å². The van der Waals surface area contributed by atoms with Crippen LogP contribution in [0.4, 0.5) is 0 Å². The average molecular weight is 337 g/mol. The molecule has 2 aromatic carbocycles. The number of carbonyl (C=O) groups excluding carboxylic acids is 2. The summed E-state index contributed by atoms with van der Waals surface area (Å²) >= 11 is 0. The zero-order chi connectivity index (χ0) is 17.6. The molecule has 0 amide bonds. The van der Waals surface area contributed by atoms with Gasteiger partial charge in [0, 0.05) is 0 Å². The molecule has 0 aliphatic carbocycles. The minimum absolute atomic E-state index is 0.351. The van der Waals surface area contributed by atoms with Crippen LogP contribution in [0.5, 0.6) is 5.75 Å². The fourth-order valence-corrected chi connectivity index (χ4v) is 2.19. The van der Waals surface area contributed by atoms with E-state index in [1.165, 1.54) is 25.6 Å². The minimum Gasteiger partial charge on any atom is -0.465 e. The van der Waals surface area contributed by atoms with Crippen LogP contribution in [-0.2, 0) is 11.3 Å². The van der Waals surface area contributed by atoms with Crippen LogP contribution >= 0.6 is 0 Å². The Morgan fingerprint density at radius 3 is 2.20 bits per heavy atom. The molecule has 1 aromatic heterocycles. The lowest BCUT2D eigenvalue weighted by atomic mass is 10.1. The summed E-state index contributed by atoms with van der Waals surface area (Å²) in [6.07, 6.45) is 3.09. The van der Waals surface area contributed by atoms with Gasteiger partial charge in [-0.05, 0) is 42.0 Å². The van der Waals surface area contributed by atoms with Crippen molar-refractivity contribution in [3.05, 3.63) is 77.9 Å². The molecule has 0 bridgehead atoms. The summed E-state index contributed by atoms with van der Waals surface area (Å²) in [6.45, 7) is 0.574. The Balaban J connectivity index is 1.63. The van der Waals surface area contributed by atoms with E-state index in [9.17, 15) is 9.59 Å². The van der Waals surface area contributed by atoms with Crippen molar-refractivity contribution in [1.82, 2.24) is 14.8 Å². The molecule has 3 aromatic rings. The Kier molecular flexibility index (Phi) is 4.84. The largest absolute Gasteiger partial charge is 0.465 e. The fourth-order valence-electron chi connectivity index (χ4n) is 2.19. The summed E-state index contributed by atoms with van der Waals surface area (Å²) in [7, 11) is 1.31. The van der Waals surface area contributed by atoms with Crippen LogP contribution in [0.15, 0.2) is 61.2 Å². The van der Waals surface area contributed by atoms with Crippen molar-refractivity contribution in [3.63, 3.8) is 0 Å². The molecule has 0 fully saturated rings. The van der Waals surface area contributed by atoms with Gasteiger partial charge in [0.25, 0.3) is 0 Å². The second-order valence-corrected chi connectivity index (χ2v) is 5.20. The van der Waals surface area contributed by atoms with Gasteiger partial charge in [0.05, 0.1) is 24.8 Å². The maximum absolute atomic E-state index is 12.2. The lowest BCUT2D eigenvalue weighted by Crippen LogP contribution is -2.09. The highest BCUT2D eigenvalue weighted by Gasteiger charge is 2.10. The first-order chi connectivity index (χ1) is 12.2. The van der Waals surface area contributed by atoms with Crippen LogP contribution in [0, 0.1) is 0 Å². The van der Waals surface area contributed by atoms with Gasteiger partial charge in [-0.25, -0.2) is 19.3 Å². The van der Waals surface area contributed by atoms with Crippen LogP contribution in [0.3, 0.4) is 0 Å². The number of aromatic nitrogens is 3. The third-order valence-electron chi connectivity index (χ3n) is 3.49. The summed E-state index contributed by atoms with van der Waals surface area (Å²) in [4.78, 5) is 27.4. The summed E-state index contributed by atoms with van der Waals surface area (Å²) in [5.41, 5.74) is 1.81. The monoisotopic (exact) mass is 337 g/mol. The van der Waals surface area contributed by atoms with Crippen molar-refractivity contribution in [2.75, 3.05) is 7.11 Å². The second-order valence-electron chi connectivity index (χ2n) is 5.20. The van der Waals surface area contributed by atoms with Crippen LogP contribution in [0.1, 0.15) is 26.3 Å². The molecule has 7 heteroatoms. The molecular weight excluding hydrogens is 322 g/mol. The number of methoxy groups -OCH3 is 1. The first-order valence-corrected chi connectivity index (χ1v) is 7.47. The first-order valence-electron chi connectivity index (χ1n) is 7.47. The van der Waals surface area contributed by atoms with Crippen LogP contribution in [0.25, 0.3) is 0 Å². The summed E-state index contributed by atoms with van der Waals surface area (Å²) in [5, 5.41) is 4.03. The number of rotatable bonds is 5. The quantitative estimate of drug-likeness (QED) is 0.525. The lowest BCUT2D eigenvalue weighted by molar-refractivity contribution is 0.0600. The van der Waals surface area contributed by atoms with Crippen LogP contribution in [0.2, 0.25) is 0 Å². The maximum Gasteiger partial charge on any atom is 0.343 e. The molecule has 1 heterocycles. The number of ether oxygens (including phenoxy) is 2. The topological polar surface area (TPSA) is 83.3 Å². The van der Waals surface area contributed by atoms with Crippen LogP contribution < -0.4 is 4.74 Å². The highest BCUT2D eigenvalue weighted by molar-refractivity contribution is 5.92. The number of esters is 2. The number of nitrogens with zero attached hydrogens (tertiary/aromatic N) is 3. The first kappa shape index (κ1) is 16.4. The molecule has 0 N–H and O–H groups in total. The molecule has 0 aliphatic heterocycles. The van der Waals surface area contributed by atoms with E-state index in [4.69, 9.17) is 4.74 Å². The summed E-state index contributed by atoms with van der Waals surface area (Å²) in [5.74, 6) is -0.566. The van der Waals surface area contributed by atoms with Crippen molar-refractivity contribution in [2.45, 2.75) is 6.54 Å². The van der Waals surface area contributed by atoms with Gasteiger partial charge in [0.1, 0.15) is 18.4 Å². The van der Waals surface area contributed by atoms with E-state index in [1.54, 1.807) is 35.3 Å². The van der Waals surface area contributed by atoms with Crippen molar-refractivity contribution >= 4 is 11.9 Å². The molecule has 0 aliphatic rings. The molecule has 0 saturated heterocycles. The van der Waals surface area contributed by atoms with E-state index in [0.717, 1.165) is 5.56 Å². The van der Waals surface area contributed by atoms with Gasteiger partial charge < -0.3 is 9.47 Å². The molecule has 0 unspecified atom stereocenters. The fraction of sp³-hybridized carbons (Fsp3) is 0.111. The predicted molar refractivity (Wildman–Crippen MR) is 88.3 cm³/mol. The standard InChI is InChI=1S/C18H15N3O4/c1-24-17(22)14-6-8-16(9-7-14)25-18(23)15-4-2-13(3-5-15)10-21-12-19-11-20-21/h2-9,11-12H,10H2,1H3. The Morgan fingerprint density at radius 2 is 1.60 bits per heavy atom. The van der Waals surface area contributed by atoms with Gasteiger partial charge in [0.2, 0.25) is 0 Å². The molecule has 0 radical (unpaired) electrons. The zero-order valence-corrected chi connectivity index (χ0v) is 13.5. The molecular formula is C18H15N3O4. The van der Waals surface area contributed by atoms with Gasteiger partial charge in [-0.1, -0.05) is 12.1 Å². The van der Waals surface area contributed by atoms with Crippen molar-refractivity contribution < 1.29 is 19.1 Å². The number of hydrogen-bond donors (Lipinski definition) is 0. The minimum atomic E-state index is -0.474. The smallest absolute Gasteiger partial charge is 0.343 e. The highest BCUT2D eigenvalue weighted by atomic mass is 16.5. The Bertz CT molecular complexity index is 856. The molecule has 126 valence electrons. The molecule has 0 atom stereocenters. The van der Waals surface area contributed by atoms with Gasteiger partial charge in [-0.2, -0.15) is 5.10 Å². The molecule has 25 heavy (non-hydrogen) atoms. The molecule has 7 nitrogen and oxygen atoms in total. The van der Waals surface area contributed by atoms with Gasteiger partial charge in [-0.15, -0.1) is 0 Å². The number of benzene rings is 2. The SMILES string of the molecule is COC(=O)c1ccc(OC(=O)c2ccc(Cn3cncn3)cc2)cc1. The van der Waals surface area contributed by atoms with E-state index >= 15 is 0 Å².